The van der Waals surface area contributed by atoms with Crippen LogP contribution in [0.4, 0.5) is 26.3 Å². The lowest BCUT2D eigenvalue weighted by Crippen LogP contribution is -2.10. The van der Waals surface area contributed by atoms with Crippen molar-refractivity contribution in [3.05, 3.63) is 375 Å². The van der Waals surface area contributed by atoms with Crippen molar-refractivity contribution in [1.29, 1.82) is 21.0 Å². The molecule has 0 saturated heterocycles. The fraction of sp³-hybridized carbons (Fsp3) is 0.0182. The Labute approximate surface area is 787 Å². The van der Waals surface area contributed by atoms with Gasteiger partial charge in [0.15, 0.2) is 46.6 Å². The van der Waals surface area contributed by atoms with Crippen LogP contribution < -0.4 is 0 Å². The Morgan fingerprint density at radius 3 is 0.757 bits per heavy atom. The number of hydrogen-bond donors (Lipinski definition) is 0. The highest BCUT2D eigenvalue weighted by Crippen LogP contribution is 2.51. The first-order chi connectivity index (χ1) is 68.5. The molecule has 12 aromatic heterocycles. The van der Waals surface area contributed by atoms with Gasteiger partial charge in [0.2, 0.25) is 0 Å². The minimum Gasteiger partial charge on any atom is -0.308 e. The van der Waals surface area contributed by atoms with Gasteiger partial charge in [0.05, 0.1) is 101 Å². The predicted octanol–water partition coefficient (Wildman–Crippen LogP) is 24.3. The average molecular weight is 1830 g/mol. The van der Waals surface area contributed by atoms with E-state index >= 15 is 26.3 Å². The number of rotatable bonds is 15. The van der Waals surface area contributed by atoms with Gasteiger partial charge in [0.1, 0.15) is 23.3 Å². The molecule has 658 valence electrons. The monoisotopic (exact) mass is 1830 g/mol. The van der Waals surface area contributed by atoms with Crippen LogP contribution in [0.1, 0.15) is 33.4 Å². The second-order valence-corrected chi connectivity index (χ2v) is 32.9. The summed E-state index contributed by atoms with van der Waals surface area (Å²) in [5, 5.41) is 51.7. The molecular weight excluding hydrogens is 1770 g/mol. The zero-order chi connectivity index (χ0) is 94.8. The third-order valence-corrected chi connectivity index (χ3v) is 25.1. The van der Waals surface area contributed by atoms with Gasteiger partial charge in [0.25, 0.3) is 0 Å². The number of aromatic nitrogens is 20. The van der Waals surface area contributed by atoms with Gasteiger partial charge in [-0.3, -0.25) is 0 Å². The van der Waals surface area contributed by atoms with Crippen molar-refractivity contribution in [1.82, 2.24) is 98.0 Å². The summed E-state index contributed by atoms with van der Waals surface area (Å²) >= 11 is 0. The Bertz CT molecular complexity index is 9250. The van der Waals surface area contributed by atoms with Crippen LogP contribution in [-0.2, 0) is 12.4 Å². The van der Waals surface area contributed by atoms with E-state index in [1.165, 1.54) is 48.5 Å². The zero-order valence-corrected chi connectivity index (χ0v) is 72.3. The fourth-order valence-electron chi connectivity index (χ4n) is 19.1. The smallest absolute Gasteiger partial charge is 0.308 e. The molecule has 0 bridgehead atoms. The molecule has 0 radical (unpaired) electrons. The first-order valence-corrected chi connectivity index (χ1v) is 43.5. The van der Waals surface area contributed by atoms with E-state index in [-0.39, 0.29) is 67.8 Å². The molecule has 0 unspecified atom stereocenters. The van der Waals surface area contributed by atoms with Gasteiger partial charge in [-0.15, -0.1) is 0 Å². The predicted molar refractivity (Wildman–Crippen MR) is 517 cm³/mol. The van der Waals surface area contributed by atoms with Crippen LogP contribution in [0.3, 0.4) is 0 Å². The van der Waals surface area contributed by atoms with Crippen LogP contribution in [0, 0.1) is 45.3 Å². The lowest BCUT2D eigenvalue weighted by Gasteiger charge is -2.21. The van der Waals surface area contributed by atoms with Crippen LogP contribution in [0.25, 0.3) is 234 Å². The Balaban J connectivity index is 0.722. The third kappa shape index (κ3) is 13.9. The zero-order valence-electron chi connectivity index (χ0n) is 72.3. The fourth-order valence-corrected chi connectivity index (χ4v) is 19.1. The first kappa shape index (κ1) is 83.1. The van der Waals surface area contributed by atoms with Crippen molar-refractivity contribution in [2.45, 2.75) is 12.4 Å². The normalized spacial score (nSPS) is 11.8. The van der Waals surface area contributed by atoms with Gasteiger partial charge in [-0.2, -0.15) is 47.4 Å². The molecule has 0 spiro atoms. The van der Waals surface area contributed by atoms with E-state index in [2.05, 4.69) is 84.1 Å². The summed E-state index contributed by atoms with van der Waals surface area (Å²) in [4.78, 5) is 75.3. The van der Waals surface area contributed by atoms with E-state index < -0.39 is 34.6 Å². The summed E-state index contributed by atoms with van der Waals surface area (Å²) in [6, 6.07) is 77.0. The van der Waals surface area contributed by atoms with Crippen LogP contribution >= 0.6 is 0 Å². The Morgan fingerprint density at radius 2 is 0.464 bits per heavy atom. The van der Waals surface area contributed by atoms with Crippen LogP contribution in [0.15, 0.2) is 342 Å². The minimum absolute atomic E-state index is 0.0193. The lowest BCUT2D eigenvalue weighted by molar-refractivity contribution is -0.137. The van der Waals surface area contributed by atoms with Gasteiger partial charge in [0, 0.05) is 203 Å². The lowest BCUT2D eigenvalue weighted by atomic mass is 9.92. The molecule has 0 aliphatic carbocycles. The van der Waals surface area contributed by atoms with Crippen molar-refractivity contribution in [2.75, 3.05) is 0 Å². The molecule has 24 rings (SSSR count). The maximum absolute atomic E-state index is 16.1. The molecule has 0 amide bonds. The molecule has 140 heavy (non-hydrogen) atoms. The van der Waals surface area contributed by atoms with Gasteiger partial charge in [-0.05, 0) is 211 Å². The average Bonchev–Trinajstić information content (AvgIpc) is 1.56. The summed E-state index contributed by atoms with van der Waals surface area (Å²) in [5.41, 5.74) is 6.21. The summed E-state index contributed by atoms with van der Waals surface area (Å²) in [6.07, 6.45) is 15.9. The van der Waals surface area contributed by atoms with Gasteiger partial charge >= 0.3 is 12.4 Å². The summed E-state index contributed by atoms with van der Waals surface area (Å²) < 4.78 is 104. The Hall–Kier alpha value is -20.0. The minimum atomic E-state index is -5.02. The maximum Gasteiger partial charge on any atom is 0.417 e. The molecule has 0 fully saturated rings. The second-order valence-electron chi connectivity index (χ2n) is 32.9. The van der Waals surface area contributed by atoms with Crippen LogP contribution in [0.5, 0.6) is 0 Å². The van der Waals surface area contributed by atoms with Crippen LogP contribution in [-0.4, -0.2) is 98.0 Å². The highest BCUT2D eigenvalue weighted by Gasteiger charge is 2.39. The van der Waals surface area contributed by atoms with Crippen molar-refractivity contribution in [3.63, 3.8) is 0 Å². The maximum atomic E-state index is 16.1. The Morgan fingerprint density at radius 1 is 0.207 bits per heavy atom. The molecule has 0 aliphatic rings. The highest BCUT2D eigenvalue weighted by molar-refractivity contribution is 6.17. The van der Waals surface area contributed by atoms with E-state index in [1.807, 2.05) is 152 Å². The summed E-state index contributed by atoms with van der Waals surface area (Å²) in [6.45, 7) is 0. The van der Waals surface area contributed by atoms with Crippen molar-refractivity contribution in [3.8, 4) is 172 Å². The van der Waals surface area contributed by atoms with Gasteiger partial charge < -0.3 is 18.3 Å². The van der Waals surface area contributed by atoms with Gasteiger partial charge in [-0.25, -0.2) is 79.7 Å². The van der Waals surface area contributed by atoms with E-state index in [9.17, 15) is 21.0 Å². The SMILES string of the molecule is N#Cc1cccc(C(F)(F)F)c1-c1cc(-n2c3ccc(-c4ncccn4)cc3c3cc(-c4ncccn4)ccc32)c(C#N)c(-n2c3ccc(-c4ncccn4)cc3c3cc(-c4ncc(-c5cc6c7ccc(-c8ncccn8)cc7n(-c7cc(-c8c(C#N)cccc8C(F)(F)F)cc(-n8c9cc(-c%10ncccn%10)ccc9c9ccc(-c%10ncccn%10)cc98)c7C#N)c6cc5-c5ncccn5)cn4)ccc32)c1. The largest absolute Gasteiger partial charge is 0.417 e. The topological polar surface area (TPSA) is 321 Å². The highest BCUT2D eigenvalue weighted by atomic mass is 19.4. The molecule has 12 aromatic carbocycles. The quantitative estimate of drug-likeness (QED) is 0.0861. The van der Waals surface area contributed by atoms with Gasteiger partial charge in [-0.1, -0.05) is 48.5 Å². The molecule has 0 N–H and O–H groups in total. The van der Waals surface area contributed by atoms with Crippen molar-refractivity contribution in [2.24, 2.45) is 0 Å². The third-order valence-electron chi connectivity index (χ3n) is 25.1. The van der Waals surface area contributed by atoms with E-state index in [0.29, 0.717) is 178 Å². The molecule has 30 heteroatoms. The molecule has 24 nitrogen and oxygen atoms in total. The molecule has 0 aliphatic heterocycles. The Kier molecular flexibility index (Phi) is 19.6. The number of nitriles is 4. The van der Waals surface area contributed by atoms with Crippen molar-refractivity contribution < 1.29 is 26.3 Å². The number of hydrogen-bond acceptors (Lipinski definition) is 20. The summed E-state index contributed by atoms with van der Waals surface area (Å²) in [5.74, 6) is 2.75. The van der Waals surface area contributed by atoms with E-state index in [0.717, 1.165) is 12.1 Å². The number of alkyl halides is 6. The van der Waals surface area contributed by atoms with E-state index in [4.69, 9.17) is 19.9 Å². The second kappa shape index (κ2) is 33.0. The number of nitrogens with zero attached hydrogens (tertiary/aromatic N) is 24. The summed E-state index contributed by atoms with van der Waals surface area (Å²) in [7, 11) is 0. The molecule has 0 atom stereocenters. The number of halogens is 6. The molecule has 0 saturated carbocycles. The number of benzene rings is 12. The van der Waals surface area contributed by atoms with Crippen molar-refractivity contribution >= 4 is 87.2 Å². The first-order valence-electron chi connectivity index (χ1n) is 43.5. The standard InChI is InChI=1S/C110H56F6N24/c111-109(112,113)85-12-1-10-68(55-117)99(85)70-49-94(137-87-24-17-61(101-121-28-3-29-122-101)42-77(87)78-43-62(18-25-88(78)137)102-123-30-4-31-124-102)83(57-119)95(50-70)138-89-26-19-63(103-125-32-5-33-126-103)44-79(89)80-45-64(20-27-90(80)138)107-135-59-72(60-136-107)76-53-81-75-23-16-67(106-131-38-8-39-132-106)48-93(75)140(98(81)54-82(76)108-133-40-9-41-134-108)97-52-71(100-69(56-118)11-2-13-86(100)110(114,115)116)51-96(84(97)58-120)139-91-46-65(104-127-34-6-35-128-104)14-21-73(91)74-22-15-66(47-92(74)139)105-129-36-7-37-130-105/h1-54,59-60H. The van der Waals surface area contributed by atoms with Crippen LogP contribution in [0.2, 0.25) is 0 Å². The molecular formula is C110H56F6N24. The number of fused-ring (bicyclic) bond motifs is 12. The van der Waals surface area contributed by atoms with E-state index in [1.54, 1.807) is 148 Å². The molecule has 12 heterocycles. The molecule has 24 aromatic rings.